The highest BCUT2D eigenvalue weighted by Crippen LogP contribution is 2.60. The van der Waals surface area contributed by atoms with E-state index < -0.39 is 0 Å². The first kappa shape index (κ1) is 12.7. The zero-order chi connectivity index (χ0) is 12.6. The summed E-state index contributed by atoms with van der Waals surface area (Å²) >= 11 is 0. The standard InChI is InChI=1S/C17H27O/c1-2-3-4-5-6-16(18)17-10-13-7-14(11-17)9-15(8-13)12-17/h6,13-15H,2-5,7-12H2,1H3. The molecule has 0 unspecified atom stereocenters. The van der Waals surface area contributed by atoms with Crippen LogP contribution in [0.2, 0.25) is 0 Å². The van der Waals surface area contributed by atoms with Gasteiger partial charge in [0, 0.05) is 11.8 Å². The van der Waals surface area contributed by atoms with Gasteiger partial charge in [-0.15, -0.1) is 0 Å². The molecule has 4 saturated carbocycles. The van der Waals surface area contributed by atoms with Gasteiger partial charge in [0.25, 0.3) is 0 Å². The SMILES string of the molecule is CCCCC[CH]C(=O)C12CC3CC(CC(C3)C1)C2. The second-order valence-corrected chi connectivity index (χ2v) is 7.26. The average molecular weight is 247 g/mol. The van der Waals surface area contributed by atoms with Crippen LogP contribution in [-0.2, 0) is 4.79 Å². The topological polar surface area (TPSA) is 17.1 Å². The van der Waals surface area contributed by atoms with E-state index in [1.54, 1.807) is 0 Å². The van der Waals surface area contributed by atoms with E-state index in [-0.39, 0.29) is 5.41 Å². The van der Waals surface area contributed by atoms with E-state index in [4.69, 9.17) is 0 Å². The maximum atomic E-state index is 12.6. The second-order valence-electron chi connectivity index (χ2n) is 7.26. The highest BCUT2D eigenvalue weighted by atomic mass is 16.1. The number of hydrogen-bond donors (Lipinski definition) is 0. The number of carbonyl (C=O) groups excluding carboxylic acids is 1. The predicted molar refractivity (Wildman–Crippen MR) is 74.1 cm³/mol. The van der Waals surface area contributed by atoms with Gasteiger partial charge in [0.15, 0.2) is 0 Å². The molecule has 18 heavy (non-hydrogen) atoms. The number of hydrogen-bond acceptors (Lipinski definition) is 1. The molecule has 4 bridgehead atoms. The van der Waals surface area contributed by atoms with Crippen LogP contribution < -0.4 is 0 Å². The Hall–Kier alpha value is -0.330. The van der Waals surface area contributed by atoms with Crippen LogP contribution in [0.1, 0.15) is 71.1 Å². The first-order chi connectivity index (χ1) is 8.72. The molecule has 4 aliphatic carbocycles. The van der Waals surface area contributed by atoms with E-state index in [9.17, 15) is 4.79 Å². The third-order valence-electron chi connectivity index (χ3n) is 5.70. The summed E-state index contributed by atoms with van der Waals surface area (Å²) in [5.41, 5.74) is 0.112. The fourth-order valence-electron chi connectivity index (χ4n) is 5.26. The van der Waals surface area contributed by atoms with Gasteiger partial charge in [0.1, 0.15) is 5.78 Å². The number of carbonyl (C=O) groups is 1. The van der Waals surface area contributed by atoms with E-state index in [2.05, 4.69) is 13.3 Å². The minimum atomic E-state index is 0.112. The van der Waals surface area contributed by atoms with Crippen molar-refractivity contribution in [1.82, 2.24) is 0 Å². The molecule has 0 atom stereocenters. The van der Waals surface area contributed by atoms with Gasteiger partial charge in [-0.2, -0.15) is 0 Å². The quantitative estimate of drug-likeness (QED) is 0.629. The molecule has 0 amide bonds. The van der Waals surface area contributed by atoms with Crippen molar-refractivity contribution in [3.63, 3.8) is 0 Å². The molecule has 0 N–H and O–H groups in total. The molecule has 0 saturated heterocycles. The van der Waals surface area contributed by atoms with Crippen LogP contribution in [0.15, 0.2) is 0 Å². The number of Topliss-reactive ketones (excluding diaryl/α,β-unsaturated/α-hetero) is 1. The lowest BCUT2D eigenvalue weighted by Crippen LogP contribution is -2.50. The van der Waals surface area contributed by atoms with Crippen molar-refractivity contribution in [3.05, 3.63) is 6.42 Å². The zero-order valence-corrected chi connectivity index (χ0v) is 11.8. The van der Waals surface area contributed by atoms with Crippen molar-refractivity contribution >= 4 is 5.78 Å². The van der Waals surface area contributed by atoms with Crippen molar-refractivity contribution in [1.29, 1.82) is 0 Å². The Balaban J connectivity index is 1.59. The fraction of sp³-hybridized carbons (Fsp3) is 0.882. The summed E-state index contributed by atoms with van der Waals surface area (Å²) in [6.07, 6.45) is 14.8. The van der Waals surface area contributed by atoms with Crippen LogP contribution >= 0.6 is 0 Å². The minimum absolute atomic E-state index is 0.112. The molecule has 0 spiro atoms. The van der Waals surface area contributed by atoms with E-state index in [0.29, 0.717) is 5.78 Å². The second kappa shape index (κ2) is 4.98. The van der Waals surface area contributed by atoms with E-state index in [0.717, 1.165) is 24.2 Å². The normalized spacial score (nSPS) is 41.3. The van der Waals surface area contributed by atoms with E-state index in [1.165, 1.54) is 57.8 Å². The van der Waals surface area contributed by atoms with Gasteiger partial charge in [-0.1, -0.05) is 26.2 Å². The Morgan fingerprint density at radius 1 is 1.06 bits per heavy atom. The summed E-state index contributed by atoms with van der Waals surface area (Å²) in [5.74, 6) is 3.20. The van der Waals surface area contributed by atoms with E-state index in [1.807, 2.05) is 0 Å². The van der Waals surface area contributed by atoms with Gasteiger partial charge >= 0.3 is 0 Å². The molecule has 4 fully saturated rings. The van der Waals surface area contributed by atoms with Crippen molar-refractivity contribution in [3.8, 4) is 0 Å². The average Bonchev–Trinajstić information content (AvgIpc) is 2.32. The summed E-state index contributed by atoms with van der Waals surface area (Å²) in [7, 11) is 0. The molecule has 1 radical (unpaired) electrons. The van der Waals surface area contributed by atoms with Gasteiger partial charge in [-0.05, 0) is 62.7 Å². The van der Waals surface area contributed by atoms with Crippen LogP contribution in [0.3, 0.4) is 0 Å². The van der Waals surface area contributed by atoms with Crippen LogP contribution in [0.5, 0.6) is 0 Å². The zero-order valence-electron chi connectivity index (χ0n) is 11.8. The third-order valence-corrected chi connectivity index (χ3v) is 5.70. The van der Waals surface area contributed by atoms with Crippen LogP contribution in [0.4, 0.5) is 0 Å². The molecule has 0 aromatic heterocycles. The lowest BCUT2D eigenvalue weighted by Gasteiger charge is -2.56. The Morgan fingerprint density at radius 2 is 1.61 bits per heavy atom. The Labute approximate surface area is 112 Å². The monoisotopic (exact) mass is 247 g/mol. The first-order valence-corrected chi connectivity index (χ1v) is 8.09. The van der Waals surface area contributed by atoms with Crippen LogP contribution in [0.25, 0.3) is 0 Å². The van der Waals surface area contributed by atoms with Crippen LogP contribution in [-0.4, -0.2) is 5.78 Å². The van der Waals surface area contributed by atoms with Gasteiger partial charge < -0.3 is 0 Å². The van der Waals surface area contributed by atoms with Gasteiger partial charge in [-0.3, -0.25) is 4.79 Å². The molecular weight excluding hydrogens is 220 g/mol. The number of ketones is 1. The van der Waals surface area contributed by atoms with Crippen molar-refractivity contribution in [2.75, 3.05) is 0 Å². The Kier molecular flexibility index (Phi) is 3.51. The van der Waals surface area contributed by atoms with Crippen molar-refractivity contribution in [2.24, 2.45) is 23.2 Å². The summed E-state index contributed by atoms with van der Waals surface area (Å²) in [6.45, 7) is 2.22. The molecule has 0 aromatic carbocycles. The maximum Gasteiger partial charge on any atom is 0.142 e. The van der Waals surface area contributed by atoms with Crippen LogP contribution in [0, 0.1) is 29.6 Å². The summed E-state index contributed by atoms with van der Waals surface area (Å²) in [6, 6.07) is 0. The summed E-state index contributed by atoms with van der Waals surface area (Å²) < 4.78 is 0. The third kappa shape index (κ3) is 2.26. The number of rotatable bonds is 6. The smallest absolute Gasteiger partial charge is 0.142 e. The van der Waals surface area contributed by atoms with Gasteiger partial charge in [0.05, 0.1) is 0 Å². The highest BCUT2D eigenvalue weighted by Gasteiger charge is 2.53. The number of unbranched alkanes of at least 4 members (excludes halogenated alkanes) is 3. The van der Waals surface area contributed by atoms with Gasteiger partial charge in [-0.25, -0.2) is 0 Å². The maximum absolute atomic E-state index is 12.6. The molecule has 4 aliphatic rings. The molecule has 1 heteroatoms. The van der Waals surface area contributed by atoms with Gasteiger partial charge in [0.2, 0.25) is 0 Å². The molecule has 0 aromatic rings. The molecular formula is C17H27O. The minimum Gasteiger partial charge on any atom is -0.299 e. The molecule has 1 nitrogen and oxygen atoms in total. The summed E-state index contributed by atoms with van der Waals surface area (Å²) in [5, 5.41) is 0. The lowest BCUT2D eigenvalue weighted by atomic mass is 9.48. The summed E-state index contributed by atoms with van der Waals surface area (Å²) in [4.78, 5) is 12.6. The molecule has 101 valence electrons. The molecule has 0 aliphatic heterocycles. The van der Waals surface area contributed by atoms with E-state index >= 15 is 0 Å². The Bertz CT molecular complexity index is 282. The lowest BCUT2D eigenvalue weighted by molar-refractivity contribution is -0.140. The first-order valence-electron chi connectivity index (χ1n) is 8.09. The predicted octanol–water partition coefficient (Wildman–Crippen LogP) is 4.56. The molecule has 0 heterocycles. The largest absolute Gasteiger partial charge is 0.299 e. The van der Waals surface area contributed by atoms with Crippen molar-refractivity contribution in [2.45, 2.75) is 71.1 Å². The van der Waals surface area contributed by atoms with Crippen molar-refractivity contribution < 1.29 is 4.79 Å². The molecule has 4 rings (SSSR count). The Morgan fingerprint density at radius 3 is 2.11 bits per heavy atom. The fourth-order valence-corrected chi connectivity index (χ4v) is 5.26. The highest BCUT2D eigenvalue weighted by molar-refractivity contribution is 5.92.